The van der Waals surface area contributed by atoms with E-state index in [1.165, 1.54) is 13.2 Å². The van der Waals surface area contributed by atoms with Gasteiger partial charge in [-0.2, -0.15) is 15.0 Å². The molecule has 2 rings (SSSR count). The summed E-state index contributed by atoms with van der Waals surface area (Å²) in [5, 5.41) is 25.0. The monoisotopic (exact) mass is 341 g/mol. The smallest absolute Gasteiger partial charge is 0.349 e. The van der Waals surface area contributed by atoms with E-state index in [1.54, 1.807) is 30.3 Å². The molecule has 10 nitrogen and oxygen atoms in total. The number of ether oxygens (including phenoxy) is 1. The number of carbonyl (C=O) groups is 2. The summed E-state index contributed by atoms with van der Waals surface area (Å²) >= 11 is 0. The van der Waals surface area contributed by atoms with E-state index in [4.69, 9.17) is 10.00 Å². The number of methoxy groups -OCH3 is 1. The first kappa shape index (κ1) is 17.4. The van der Waals surface area contributed by atoms with Gasteiger partial charge in [0.1, 0.15) is 29.8 Å². The van der Waals surface area contributed by atoms with Gasteiger partial charge in [0.25, 0.3) is 5.91 Å². The minimum atomic E-state index is -1.02. The molecule has 0 saturated carbocycles. The molecule has 0 saturated heterocycles. The Morgan fingerprint density at radius 3 is 2.60 bits per heavy atom. The van der Waals surface area contributed by atoms with Crippen LogP contribution in [0.15, 0.2) is 42.2 Å². The maximum Gasteiger partial charge on any atom is 0.349 e. The van der Waals surface area contributed by atoms with Gasteiger partial charge in [0.2, 0.25) is 0 Å². The van der Waals surface area contributed by atoms with Crippen LogP contribution in [0, 0.1) is 21.4 Å². The molecule has 25 heavy (non-hydrogen) atoms. The van der Waals surface area contributed by atoms with E-state index in [0.29, 0.717) is 16.0 Å². The standard InChI is InChI=1S/C15H11N5O5/c1-25-13-4-2-10(3-5-13)6-11(7-16)14(21)18-15(22)19-9-12(8-17-19)20(23)24/h2-6,8-9H,1H3,(H,18,21,22)/b11-6+. The highest BCUT2D eigenvalue weighted by Crippen LogP contribution is 2.14. The Balaban J connectivity index is 2.13. The molecule has 1 heterocycles. The number of benzene rings is 1. The maximum atomic E-state index is 12.0. The third kappa shape index (κ3) is 4.26. The highest BCUT2D eigenvalue weighted by Gasteiger charge is 2.18. The quantitative estimate of drug-likeness (QED) is 0.384. The molecule has 2 amide bonds. The van der Waals surface area contributed by atoms with Crippen molar-refractivity contribution in [3.63, 3.8) is 0 Å². The number of aromatic nitrogens is 2. The van der Waals surface area contributed by atoms with Gasteiger partial charge in [-0.3, -0.25) is 20.2 Å². The van der Waals surface area contributed by atoms with E-state index in [9.17, 15) is 19.7 Å². The lowest BCUT2D eigenvalue weighted by Gasteiger charge is -2.03. The van der Waals surface area contributed by atoms with Gasteiger partial charge in [-0.1, -0.05) is 12.1 Å². The molecule has 1 aromatic carbocycles. The Morgan fingerprint density at radius 2 is 2.08 bits per heavy atom. The van der Waals surface area contributed by atoms with Crippen LogP contribution < -0.4 is 10.1 Å². The first-order valence-electron chi connectivity index (χ1n) is 6.75. The van der Waals surface area contributed by atoms with Crippen molar-refractivity contribution in [3.8, 4) is 11.8 Å². The molecule has 126 valence electrons. The minimum absolute atomic E-state index is 0.319. The van der Waals surface area contributed by atoms with Gasteiger partial charge in [0.15, 0.2) is 0 Å². The summed E-state index contributed by atoms with van der Waals surface area (Å²) in [4.78, 5) is 33.7. The van der Waals surface area contributed by atoms with Crippen LogP contribution >= 0.6 is 0 Å². The normalized spacial score (nSPS) is 10.6. The number of hydrogen-bond acceptors (Lipinski definition) is 7. The molecule has 0 radical (unpaired) electrons. The highest BCUT2D eigenvalue weighted by atomic mass is 16.6. The molecule has 0 fully saturated rings. The zero-order chi connectivity index (χ0) is 18.4. The van der Waals surface area contributed by atoms with E-state index in [-0.39, 0.29) is 5.57 Å². The largest absolute Gasteiger partial charge is 0.497 e. The Kier molecular flexibility index (Phi) is 5.22. The number of carbonyl (C=O) groups excluding carboxylic acids is 2. The van der Waals surface area contributed by atoms with E-state index < -0.39 is 22.5 Å². The van der Waals surface area contributed by atoms with Gasteiger partial charge >= 0.3 is 11.7 Å². The Labute approximate surface area is 141 Å². The summed E-state index contributed by atoms with van der Waals surface area (Å²) in [6.45, 7) is 0. The minimum Gasteiger partial charge on any atom is -0.497 e. The summed E-state index contributed by atoms with van der Waals surface area (Å²) in [6.07, 6.45) is 3.00. The van der Waals surface area contributed by atoms with Crippen LogP contribution in [0.2, 0.25) is 0 Å². The Hall–Kier alpha value is -4.00. The van der Waals surface area contributed by atoms with Crippen LogP contribution in [-0.4, -0.2) is 33.8 Å². The number of imide groups is 1. The second-order valence-corrected chi connectivity index (χ2v) is 4.60. The lowest BCUT2D eigenvalue weighted by Crippen LogP contribution is -2.35. The molecule has 0 aliphatic carbocycles. The molecule has 0 aliphatic heterocycles. The van der Waals surface area contributed by atoms with Gasteiger partial charge in [-0.25, -0.2) is 4.79 Å². The van der Waals surface area contributed by atoms with E-state index >= 15 is 0 Å². The number of nitro groups is 1. The van der Waals surface area contributed by atoms with E-state index in [0.717, 1.165) is 12.4 Å². The Morgan fingerprint density at radius 1 is 1.40 bits per heavy atom. The second-order valence-electron chi connectivity index (χ2n) is 4.60. The molecule has 1 aromatic heterocycles. The van der Waals surface area contributed by atoms with Crippen molar-refractivity contribution in [3.05, 3.63) is 57.9 Å². The third-order valence-electron chi connectivity index (χ3n) is 3.00. The zero-order valence-corrected chi connectivity index (χ0v) is 12.9. The van der Waals surface area contributed by atoms with Crippen molar-refractivity contribution in [1.82, 2.24) is 15.1 Å². The fraction of sp³-hybridized carbons (Fsp3) is 0.0667. The first-order chi connectivity index (χ1) is 11.9. The predicted octanol–water partition coefficient (Wildman–Crippen LogP) is 1.49. The van der Waals surface area contributed by atoms with Crippen LogP contribution in [-0.2, 0) is 4.79 Å². The van der Waals surface area contributed by atoms with Gasteiger partial charge in [-0.15, -0.1) is 0 Å². The number of rotatable bonds is 4. The molecule has 0 bridgehead atoms. The summed E-state index contributed by atoms with van der Waals surface area (Å²) in [5.41, 5.74) is -0.174. The fourth-order valence-electron chi connectivity index (χ4n) is 1.76. The summed E-state index contributed by atoms with van der Waals surface area (Å²) < 4.78 is 5.60. The lowest BCUT2D eigenvalue weighted by atomic mass is 10.1. The number of nitriles is 1. The Bertz CT molecular complexity index is 892. The lowest BCUT2D eigenvalue weighted by molar-refractivity contribution is -0.384. The fourth-order valence-corrected chi connectivity index (χ4v) is 1.76. The molecule has 1 N–H and O–H groups in total. The highest BCUT2D eigenvalue weighted by molar-refractivity contribution is 6.09. The average Bonchev–Trinajstić information content (AvgIpc) is 3.10. The SMILES string of the molecule is COc1ccc(/C=C(\C#N)C(=O)NC(=O)n2cc([N+](=O)[O-])cn2)cc1. The van der Waals surface area contributed by atoms with Crippen LogP contribution in [0.5, 0.6) is 5.75 Å². The summed E-state index contributed by atoms with van der Waals surface area (Å²) in [6, 6.07) is 7.21. The van der Waals surface area contributed by atoms with Crippen LogP contribution in [0.25, 0.3) is 6.08 Å². The zero-order valence-electron chi connectivity index (χ0n) is 12.9. The molecule has 0 aliphatic rings. The van der Waals surface area contributed by atoms with E-state index in [1.807, 2.05) is 5.32 Å². The van der Waals surface area contributed by atoms with Crippen molar-refractivity contribution in [2.75, 3.05) is 7.11 Å². The molecule has 2 aromatic rings. The topological polar surface area (TPSA) is 140 Å². The van der Waals surface area contributed by atoms with Crippen molar-refractivity contribution in [1.29, 1.82) is 5.26 Å². The van der Waals surface area contributed by atoms with Crippen molar-refractivity contribution in [2.45, 2.75) is 0 Å². The number of hydrogen-bond donors (Lipinski definition) is 1. The average molecular weight is 341 g/mol. The number of nitrogens with zero attached hydrogens (tertiary/aromatic N) is 4. The maximum absolute atomic E-state index is 12.0. The van der Waals surface area contributed by atoms with Crippen LogP contribution in [0.1, 0.15) is 5.56 Å². The molecule has 10 heteroatoms. The van der Waals surface area contributed by atoms with Crippen LogP contribution in [0.4, 0.5) is 10.5 Å². The van der Waals surface area contributed by atoms with E-state index in [2.05, 4.69) is 5.10 Å². The molecule has 0 spiro atoms. The number of nitrogens with one attached hydrogen (secondary N) is 1. The molecule has 0 unspecified atom stereocenters. The van der Waals surface area contributed by atoms with Crippen molar-refractivity contribution < 1.29 is 19.2 Å². The first-order valence-corrected chi connectivity index (χ1v) is 6.75. The third-order valence-corrected chi connectivity index (χ3v) is 3.00. The van der Waals surface area contributed by atoms with Gasteiger partial charge < -0.3 is 4.74 Å². The molecule has 0 atom stereocenters. The van der Waals surface area contributed by atoms with Crippen molar-refractivity contribution >= 4 is 23.7 Å². The summed E-state index contributed by atoms with van der Waals surface area (Å²) in [7, 11) is 1.50. The summed E-state index contributed by atoms with van der Waals surface area (Å²) in [5.74, 6) is -0.350. The molecular formula is C15H11N5O5. The van der Waals surface area contributed by atoms with Gasteiger partial charge in [-0.05, 0) is 23.8 Å². The van der Waals surface area contributed by atoms with Crippen LogP contribution in [0.3, 0.4) is 0 Å². The predicted molar refractivity (Wildman–Crippen MR) is 84.4 cm³/mol. The second kappa shape index (κ2) is 7.51. The van der Waals surface area contributed by atoms with Gasteiger partial charge in [0, 0.05) is 0 Å². The number of amides is 2. The van der Waals surface area contributed by atoms with Crippen molar-refractivity contribution in [2.24, 2.45) is 0 Å². The van der Waals surface area contributed by atoms with Gasteiger partial charge in [0.05, 0.1) is 12.0 Å². The molecular weight excluding hydrogens is 330 g/mol.